The summed E-state index contributed by atoms with van der Waals surface area (Å²) >= 11 is 0. The lowest BCUT2D eigenvalue weighted by Gasteiger charge is -2.06. The number of nitrogens with two attached hydrogens (primary N) is 1. The first-order valence-corrected chi connectivity index (χ1v) is 7.97. The van der Waals surface area contributed by atoms with Crippen molar-refractivity contribution in [3.8, 4) is 17.2 Å². The average molecular weight is 304 g/mol. The molecule has 0 fully saturated rings. The Morgan fingerprint density at radius 3 is 2.61 bits per heavy atom. The molecular formula is C19H20N4. The van der Waals surface area contributed by atoms with Crippen molar-refractivity contribution in [2.45, 2.75) is 32.2 Å². The Morgan fingerprint density at radius 2 is 1.91 bits per heavy atom. The van der Waals surface area contributed by atoms with Gasteiger partial charge in [0.2, 0.25) is 0 Å². The van der Waals surface area contributed by atoms with Gasteiger partial charge in [-0.2, -0.15) is 5.26 Å². The minimum atomic E-state index is -0.0410. The Kier molecular flexibility index (Phi) is 4.40. The number of hydrogen-bond donors (Lipinski definition) is 2. The van der Waals surface area contributed by atoms with Gasteiger partial charge in [0.25, 0.3) is 0 Å². The van der Waals surface area contributed by atoms with Gasteiger partial charge in [-0.3, -0.25) is 0 Å². The van der Waals surface area contributed by atoms with Crippen molar-refractivity contribution in [3.63, 3.8) is 0 Å². The summed E-state index contributed by atoms with van der Waals surface area (Å²) in [5.74, 6) is 0.852. The smallest absolute Gasteiger partial charge is 0.124 e. The van der Waals surface area contributed by atoms with Crippen molar-refractivity contribution in [3.05, 3.63) is 53.9 Å². The fraction of sp³-hybridized carbons (Fsp3) is 0.263. The predicted molar refractivity (Wildman–Crippen MR) is 92.7 cm³/mol. The van der Waals surface area contributed by atoms with Crippen LogP contribution >= 0.6 is 0 Å². The Hall–Kier alpha value is -2.64. The van der Waals surface area contributed by atoms with E-state index in [0.29, 0.717) is 5.56 Å². The van der Waals surface area contributed by atoms with Crippen LogP contribution in [0.15, 0.2) is 42.5 Å². The van der Waals surface area contributed by atoms with E-state index in [9.17, 15) is 0 Å². The van der Waals surface area contributed by atoms with Crippen molar-refractivity contribution in [1.82, 2.24) is 9.97 Å². The van der Waals surface area contributed by atoms with Gasteiger partial charge in [0.1, 0.15) is 5.82 Å². The second-order valence-electron chi connectivity index (χ2n) is 5.79. The Labute approximate surface area is 136 Å². The lowest BCUT2D eigenvalue weighted by Crippen LogP contribution is -2.11. The molecule has 0 saturated carbocycles. The molecular weight excluding hydrogens is 284 g/mol. The van der Waals surface area contributed by atoms with E-state index in [1.54, 1.807) is 0 Å². The first-order valence-electron chi connectivity index (χ1n) is 7.97. The van der Waals surface area contributed by atoms with Crippen LogP contribution in [0.3, 0.4) is 0 Å². The molecule has 4 nitrogen and oxygen atoms in total. The number of hydrogen-bond acceptors (Lipinski definition) is 3. The zero-order chi connectivity index (χ0) is 16.2. The molecule has 4 heteroatoms. The third kappa shape index (κ3) is 3.25. The van der Waals surface area contributed by atoms with E-state index in [4.69, 9.17) is 11.0 Å². The number of nitrogens with zero attached hydrogens (tertiary/aromatic N) is 2. The van der Waals surface area contributed by atoms with Gasteiger partial charge in [-0.05, 0) is 41.8 Å². The van der Waals surface area contributed by atoms with E-state index in [2.05, 4.69) is 29.0 Å². The lowest BCUT2D eigenvalue weighted by molar-refractivity contribution is 0.581. The molecule has 0 aliphatic heterocycles. The van der Waals surface area contributed by atoms with E-state index >= 15 is 0 Å². The summed E-state index contributed by atoms with van der Waals surface area (Å²) in [4.78, 5) is 7.95. The number of imidazole rings is 1. The van der Waals surface area contributed by atoms with E-state index in [1.807, 2.05) is 36.4 Å². The first-order chi connectivity index (χ1) is 11.2. The summed E-state index contributed by atoms with van der Waals surface area (Å²) in [7, 11) is 0. The molecule has 1 aromatic heterocycles. The molecule has 0 aliphatic rings. The van der Waals surface area contributed by atoms with E-state index in [0.717, 1.165) is 47.2 Å². The van der Waals surface area contributed by atoms with Gasteiger partial charge < -0.3 is 10.7 Å². The fourth-order valence-corrected chi connectivity index (χ4v) is 2.68. The van der Waals surface area contributed by atoms with Gasteiger partial charge in [-0.25, -0.2) is 4.98 Å². The van der Waals surface area contributed by atoms with Crippen LogP contribution in [0.5, 0.6) is 0 Å². The van der Waals surface area contributed by atoms with Crippen LogP contribution in [0.1, 0.15) is 43.6 Å². The lowest BCUT2D eigenvalue weighted by atomic mass is 10.0. The van der Waals surface area contributed by atoms with Crippen LogP contribution in [0, 0.1) is 11.3 Å². The number of aromatic nitrogens is 2. The molecule has 116 valence electrons. The standard InChI is InChI=1S/C19H20N4/c1-2-3-4-16(21)19-22-17-10-9-15(11-18(17)23-19)14-7-5-13(12-20)6-8-14/h5-11,16H,2-4,21H2,1H3,(H,22,23)/t16-/m0/s1. The molecule has 3 aromatic rings. The normalized spacial score (nSPS) is 12.2. The van der Waals surface area contributed by atoms with Gasteiger partial charge in [0, 0.05) is 0 Å². The molecule has 1 atom stereocenters. The van der Waals surface area contributed by atoms with Crippen LogP contribution in [0.2, 0.25) is 0 Å². The molecule has 0 amide bonds. The highest BCUT2D eigenvalue weighted by molar-refractivity contribution is 5.82. The molecule has 0 bridgehead atoms. The van der Waals surface area contributed by atoms with Gasteiger partial charge in [0.15, 0.2) is 0 Å². The minimum Gasteiger partial charge on any atom is -0.341 e. The molecule has 3 rings (SSSR count). The molecule has 3 N–H and O–H groups in total. The monoisotopic (exact) mass is 304 g/mol. The van der Waals surface area contributed by atoms with Crippen molar-refractivity contribution >= 4 is 11.0 Å². The van der Waals surface area contributed by atoms with Crippen molar-refractivity contribution in [2.75, 3.05) is 0 Å². The number of fused-ring (bicyclic) bond motifs is 1. The summed E-state index contributed by atoms with van der Waals surface area (Å²) in [6.07, 6.45) is 3.18. The average Bonchev–Trinajstić information content (AvgIpc) is 3.03. The molecule has 2 aromatic carbocycles. The zero-order valence-electron chi connectivity index (χ0n) is 13.2. The van der Waals surface area contributed by atoms with Crippen molar-refractivity contribution < 1.29 is 0 Å². The maximum absolute atomic E-state index is 8.88. The Balaban J connectivity index is 1.90. The summed E-state index contributed by atoms with van der Waals surface area (Å²) in [6.45, 7) is 2.16. The maximum atomic E-state index is 8.88. The molecule has 0 unspecified atom stereocenters. The van der Waals surface area contributed by atoms with Crippen LogP contribution in [-0.4, -0.2) is 9.97 Å². The number of unbranched alkanes of at least 4 members (excludes halogenated alkanes) is 1. The van der Waals surface area contributed by atoms with Gasteiger partial charge in [-0.15, -0.1) is 0 Å². The molecule has 23 heavy (non-hydrogen) atoms. The topological polar surface area (TPSA) is 78.5 Å². The van der Waals surface area contributed by atoms with Gasteiger partial charge in [0.05, 0.1) is 28.7 Å². The number of benzene rings is 2. The SMILES string of the molecule is CCCC[C@H](N)c1nc2ccc(-c3ccc(C#N)cc3)cc2[nH]1. The highest BCUT2D eigenvalue weighted by atomic mass is 15.0. The van der Waals surface area contributed by atoms with E-state index in [-0.39, 0.29) is 6.04 Å². The number of aromatic amines is 1. The third-order valence-electron chi connectivity index (χ3n) is 4.07. The molecule has 0 spiro atoms. The fourth-order valence-electron chi connectivity index (χ4n) is 2.68. The Morgan fingerprint density at radius 1 is 1.17 bits per heavy atom. The zero-order valence-corrected chi connectivity index (χ0v) is 13.2. The van der Waals surface area contributed by atoms with E-state index < -0.39 is 0 Å². The van der Waals surface area contributed by atoms with E-state index in [1.165, 1.54) is 0 Å². The predicted octanol–water partition coefficient (Wildman–Crippen LogP) is 4.29. The van der Waals surface area contributed by atoms with Gasteiger partial charge in [-0.1, -0.05) is 38.0 Å². The second kappa shape index (κ2) is 6.64. The van der Waals surface area contributed by atoms with Crippen LogP contribution in [0.25, 0.3) is 22.2 Å². The molecule has 0 aliphatic carbocycles. The summed E-state index contributed by atoms with van der Waals surface area (Å²) in [6, 6.07) is 15.8. The number of nitrogens with one attached hydrogen (secondary N) is 1. The van der Waals surface area contributed by atoms with Crippen molar-refractivity contribution in [1.29, 1.82) is 5.26 Å². The van der Waals surface area contributed by atoms with Gasteiger partial charge >= 0.3 is 0 Å². The molecule has 1 heterocycles. The number of rotatable bonds is 5. The van der Waals surface area contributed by atoms with Crippen LogP contribution in [0.4, 0.5) is 0 Å². The van der Waals surface area contributed by atoms with Crippen LogP contribution in [-0.2, 0) is 0 Å². The number of nitriles is 1. The largest absolute Gasteiger partial charge is 0.341 e. The first kappa shape index (κ1) is 15.3. The van der Waals surface area contributed by atoms with Crippen molar-refractivity contribution in [2.24, 2.45) is 5.73 Å². The molecule has 0 saturated heterocycles. The molecule has 0 radical (unpaired) electrons. The van der Waals surface area contributed by atoms with Crippen LogP contribution < -0.4 is 5.73 Å². The highest BCUT2D eigenvalue weighted by Gasteiger charge is 2.11. The summed E-state index contributed by atoms with van der Waals surface area (Å²) < 4.78 is 0. The highest BCUT2D eigenvalue weighted by Crippen LogP contribution is 2.25. The second-order valence-corrected chi connectivity index (χ2v) is 5.79. The quantitative estimate of drug-likeness (QED) is 0.738. The number of H-pyrrole nitrogens is 1. The third-order valence-corrected chi connectivity index (χ3v) is 4.07. The summed E-state index contributed by atoms with van der Waals surface area (Å²) in [5, 5.41) is 8.88. The maximum Gasteiger partial charge on any atom is 0.124 e. The Bertz CT molecular complexity index is 840. The summed E-state index contributed by atoms with van der Waals surface area (Å²) in [5.41, 5.74) is 11.0. The minimum absolute atomic E-state index is 0.0410.